The van der Waals surface area contributed by atoms with Crippen LogP contribution in [-0.2, 0) is 6.54 Å². The predicted octanol–water partition coefficient (Wildman–Crippen LogP) is 1.76. The number of nitrogen functional groups attached to an aromatic ring is 1. The smallest absolute Gasteiger partial charge is 0.222 e. The molecule has 4 rings (SSSR count). The van der Waals surface area contributed by atoms with Gasteiger partial charge in [0.15, 0.2) is 11.4 Å². The standard InChI is InChI=1S/C15H18N6O/c16-15-18-12(11-4-3-9-22-11)13-14(19-15)21(10-17-13)8-7-20-5-1-2-6-20/h3-4,9-10H,1-2,5-8H2,(H2,16,18,19). The predicted molar refractivity (Wildman–Crippen MR) is 83.1 cm³/mol. The quantitative estimate of drug-likeness (QED) is 0.790. The van der Waals surface area contributed by atoms with E-state index in [0.29, 0.717) is 11.5 Å². The second-order valence-corrected chi connectivity index (χ2v) is 5.57. The molecule has 1 fully saturated rings. The number of hydrogen-bond donors (Lipinski definition) is 1. The third-order valence-corrected chi connectivity index (χ3v) is 4.09. The molecular weight excluding hydrogens is 280 g/mol. The van der Waals surface area contributed by atoms with E-state index >= 15 is 0 Å². The Morgan fingerprint density at radius 3 is 2.82 bits per heavy atom. The van der Waals surface area contributed by atoms with Gasteiger partial charge in [-0.05, 0) is 38.1 Å². The highest BCUT2D eigenvalue weighted by molar-refractivity contribution is 5.86. The highest BCUT2D eigenvalue weighted by atomic mass is 16.3. The normalized spacial score (nSPS) is 15.8. The minimum atomic E-state index is 0.238. The van der Waals surface area contributed by atoms with E-state index in [4.69, 9.17) is 10.2 Å². The monoisotopic (exact) mass is 298 g/mol. The van der Waals surface area contributed by atoms with Gasteiger partial charge < -0.3 is 19.6 Å². The summed E-state index contributed by atoms with van der Waals surface area (Å²) >= 11 is 0. The van der Waals surface area contributed by atoms with Crippen molar-refractivity contribution in [3.8, 4) is 11.5 Å². The second kappa shape index (κ2) is 5.42. The lowest BCUT2D eigenvalue weighted by molar-refractivity contribution is 0.324. The molecule has 0 aliphatic carbocycles. The number of anilines is 1. The molecule has 0 atom stereocenters. The van der Waals surface area contributed by atoms with Gasteiger partial charge in [0.1, 0.15) is 11.2 Å². The highest BCUT2D eigenvalue weighted by Gasteiger charge is 2.17. The fourth-order valence-corrected chi connectivity index (χ4v) is 2.97. The number of nitrogens with two attached hydrogens (primary N) is 1. The molecule has 0 spiro atoms. The molecule has 0 amide bonds. The minimum absolute atomic E-state index is 0.238. The molecule has 0 bridgehead atoms. The number of furan rings is 1. The van der Waals surface area contributed by atoms with Gasteiger partial charge in [0, 0.05) is 13.1 Å². The number of aromatic nitrogens is 4. The van der Waals surface area contributed by atoms with Crippen molar-refractivity contribution in [1.82, 2.24) is 24.4 Å². The van der Waals surface area contributed by atoms with Crippen molar-refractivity contribution in [3.05, 3.63) is 24.7 Å². The summed E-state index contributed by atoms with van der Waals surface area (Å²) in [5, 5.41) is 0. The van der Waals surface area contributed by atoms with Crippen LogP contribution in [0.15, 0.2) is 29.1 Å². The van der Waals surface area contributed by atoms with E-state index in [2.05, 4.69) is 19.9 Å². The largest absolute Gasteiger partial charge is 0.463 e. The molecule has 3 aromatic rings. The topological polar surface area (TPSA) is 86.0 Å². The molecule has 1 saturated heterocycles. The van der Waals surface area contributed by atoms with E-state index in [-0.39, 0.29) is 5.95 Å². The first-order chi connectivity index (χ1) is 10.8. The Balaban J connectivity index is 1.69. The number of nitrogens with zero attached hydrogens (tertiary/aromatic N) is 5. The van der Waals surface area contributed by atoms with Gasteiger partial charge >= 0.3 is 0 Å². The minimum Gasteiger partial charge on any atom is -0.463 e. The lowest BCUT2D eigenvalue weighted by Gasteiger charge is -2.14. The third kappa shape index (κ3) is 2.33. The molecular formula is C15H18N6O. The highest BCUT2D eigenvalue weighted by Crippen LogP contribution is 2.26. The molecule has 1 aliphatic rings. The maximum atomic E-state index is 5.86. The first-order valence-electron chi connectivity index (χ1n) is 7.56. The number of rotatable bonds is 4. The average molecular weight is 298 g/mol. The van der Waals surface area contributed by atoms with Crippen molar-refractivity contribution < 1.29 is 4.42 Å². The number of likely N-dealkylation sites (tertiary alicyclic amines) is 1. The summed E-state index contributed by atoms with van der Waals surface area (Å²) in [7, 11) is 0. The first kappa shape index (κ1) is 13.3. The average Bonchev–Trinajstić information content (AvgIpc) is 3.26. The van der Waals surface area contributed by atoms with Crippen molar-refractivity contribution in [1.29, 1.82) is 0 Å². The van der Waals surface area contributed by atoms with Gasteiger partial charge in [0.05, 0.1) is 12.6 Å². The molecule has 1 aliphatic heterocycles. The van der Waals surface area contributed by atoms with Crippen LogP contribution < -0.4 is 5.73 Å². The van der Waals surface area contributed by atoms with E-state index in [0.717, 1.165) is 24.3 Å². The Morgan fingerprint density at radius 2 is 2.05 bits per heavy atom. The van der Waals surface area contributed by atoms with Crippen LogP contribution in [0.25, 0.3) is 22.6 Å². The van der Waals surface area contributed by atoms with Gasteiger partial charge in [0.2, 0.25) is 5.95 Å². The lowest BCUT2D eigenvalue weighted by Crippen LogP contribution is -2.24. The van der Waals surface area contributed by atoms with Crippen LogP contribution >= 0.6 is 0 Å². The van der Waals surface area contributed by atoms with Crippen LogP contribution in [0.4, 0.5) is 5.95 Å². The molecule has 2 N–H and O–H groups in total. The molecule has 3 aromatic heterocycles. The fraction of sp³-hybridized carbons (Fsp3) is 0.400. The maximum absolute atomic E-state index is 5.86. The maximum Gasteiger partial charge on any atom is 0.222 e. The Kier molecular flexibility index (Phi) is 3.27. The lowest BCUT2D eigenvalue weighted by atomic mass is 10.3. The van der Waals surface area contributed by atoms with Gasteiger partial charge in [-0.2, -0.15) is 4.98 Å². The fourth-order valence-electron chi connectivity index (χ4n) is 2.97. The van der Waals surface area contributed by atoms with E-state index < -0.39 is 0 Å². The van der Waals surface area contributed by atoms with Gasteiger partial charge in [-0.3, -0.25) is 0 Å². The Morgan fingerprint density at radius 1 is 1.18 bits per heavy atom. The summed E-state index contributed by atoms with van der Waals surface area (Å²) in [5.74, 6) is 0.894. The van der Waals surface area contributed by atoms with Crippen molar-refractivity contribution in [2.45, 2.75) is 19.4 Å². The van der Waals surface area contributed by atoms with Crippen LogP contribution in [0.5, 0.6) is 0 Å². The van der Waals surface area contributed by atoms with Crippen molar-refractivity contribution in [2.75, 3.05) is 25.4 Å². The van der Waals surface area contributed by atoms with Crippen LogP contribution in [-0.4, -0.2) is 44.1 Å². The van der Waals surface area contributed by atoms with Gasteiger partial charge in [-0.25, -0.2) is 9.97 Å². The van der Waals surface area contributed by atoms with E-state index in [9.17, 15) is 0 Å². The molecule has 0 unspecified atom stereocenters. The van der Waals surface area contributed by atoms with E-state index in [1.54, 1.807) is 12.6 Å². The SMILES string of the molecule is Nc1nc(-c2ccco2)c2ncn(CCN3CCCC3)c2n1. The first-order valence-corrected chi connectivity index (χ1v) is 7.56. The molecule has 4 heterocycles. The second-order valence-electron chi connectivity index (χ2n) is 5.57. The molecule has 0 saturated carbocycles. The number of imidazole rings is 1. The van der Waals surface area contributed by atoms with Crippen molar-refractivity contribution >= 4 is 17.1 Å². The van der Waals surface area contributed by atoms with Gasteiger partial charge in [-0.1, -0.05) is 0 Å². The third-order valence-electron chi connectivity index (χ3n) is 4.09. The molecule has 22 heavy (non-hydrogen) atoms. The van der Waals surface area contributed by atoms with E-state index in [1.165, 1.54) is 25.9 Å². The number of fused-ring (bicyclic) bond motifs is 1. The molecule has 114 valence electrons. The van der Waals surface area contributed by atoms with Crippen molar-refractivity contribution in [2.24, 2.45) is 0 Å². The zero-order valence-electron chi connectivity index (χ0n) is 12.3. The summed E-state index contributed by atoms with van der Waals surface area (Å²) in [6.07, 6.45) is 6.01. The number of hydrogen-bond acceptors (Lipinski definition) is 6. The molecule has 7 heteroatoms. The zero-order chi connectivity index (χ0) is 14.9. The van der Waals surface area contributed by atoms with Crippen LogP contribution in [0, 0.1) is 0 Å². The van der Waals surface area contributed by atoms with Crippen molar-refractivity contribution in [3.63, 3.8) is 0 Å². The van der Waals surface area contributed by atoms with Gasteiger partial charge in [0.25, 0.3) is 0 Å². The summed E-state index contributed by atoms with van der Waals surface area (Å²) in [6.45, 7) is 4.22. The van der Waals surface area contributed by atoms with Gasteiger partial charge in [-0.15, -0.1) is 0 Å². The zero-order valence-corrected chi connectivity index (χ0v) is 12.3. The van der Waals surface area contributed by atoms with Crippen LogP contribution in [0.3, 0.4) is 0 Å². The summed E-state index contributed by atoms with van der Waals surface area (Å²) in [4.78, 5) is 15.6. The molecule has 7 nitrogen and oxygen atoms in total. The summed E-state index contributed by atoms with van der Waals surface area (Å²) in [6, 6.07) is 3.67. The molecule has 0 radical (unpaired) electrons. The Hall–Kier alpha value is -2.41. The molecule has 0 aromatic carbocycles. The summed E-state index contributed by atoms with van der Waals surface area (Å²) < 4.78 is 7.47. The Labute approximate surface area is 127 Å². The summed E-state index contributed by atoms with van der Waals surface area (Å²) in [5.41, 5.74) is 8.00. The van der Waals surface area contributed by atoms with E-state index in [1.807, 2.05) is 16.7 Å². The van der Waals surface area contributed by atoms with Crippen LogP contribution in [0.2, 0.25) is 0 Å². The Bertz CT molecular complexity index is 773. The van der Waals surface area contributed by atoms with Crippen LogP contribution in [0.1, 0.15) is 12.8 Å².